The van der Waals surface area contributed by atoms with Crippen LogP contribution < -0.4 is 0 Å². The molecule has 0 spiro atoms. The molecule has 0 aromatic heterocycles. The minimum Gasteiger partial charge on any atom is -0.353 e. The van der Waals surface area contributed by atoms with Crippen molar-refractivity contribution in [3.8, 4) is 0 Å². The van der Waals surface area contributed by atoms with Gasteiger partial charge in [-0.3, -0.25) is 4.18 Å². The minimum atomic E-state index is -3.70. The Balaban J connectivity index is 2.38. The summed E-state index contributed by atoms with van der Waals surface area (Å²) in [5.74, 6) is 0. The third-order valence-corrected chi connectivity index (χ3v) is 3.55. The lowest BCUT2D eigenvalue weighted by Gasteiger charge is -2.13. The predicted molar refractivity (Wildman–Crippen MR) is 55.2 cm³/mol. The fourth-order valence-electron chi connectivity index (χ4n) is 1.40. The monoisotopic (exact) mass is 244 g/mol. The Hall–Kier alpha value is -0.950. The highest BCUT2D eigenvalue weighted by Gasteiger charge is 2.19. The highest BCUT2D eigenvalue weighted by atomic mass is 32.2. The Labute approximate surface area is 94.1 Å². The second kappa shape index (κ2) is 4.92. The van der Waals surface area contributed by atoms with E-state index in [9.17, 15) is 8.42 Å². The van der Waals surface area contributed by atoms with Gasteiger partial charge in [-0.15, -0.1) is 0 Å². The number of hydrogen-bond acceptors (Lipinski definition) is 5. The molecule has 0 fully saturated rings. The fraction of sp³-hybridized carbons (Fsp3) is 0.400. The largest absolute Gasteiger partial charge is 0.353 e. The molecule has 0 N–H and O–H groups in total. The van der Waals surface area contributed by atoms with Crippen LogP contribution in [0.25, 0.3) is 0 Å². The molecular formula is C10H12O5S. The molecule has 1 aliphatic rings. The lowest BCUT2D eigenvalue weighted by Crippen LogP contribution is -2.16. The van der Waals surface area contributed by atoms with Gasteiger partial charge in [-0.1, -0.05) is 18.2 Å². The molecular weight excluding hydrogens is 232 g/mol. The van der Waals surface area contributed by atoms with Gasteiger partial charge in [0.2, 0.25) is 0 Å². The van der Waals surface area contributed by atoms with Crippen LogP contribution in [-0.2, 0) is 30.4 Å². The van der Waals surface area contributed by atoms with Crippen molar-refractivity contribution >= 4 is 10.1 Å². The van der Waals surface area contributed by atoms with Crippen molar-refractivity contribution in [2.45, 2.75) is 11.5 Å². The number of ether oxygens (including phenoxy) is 2. The molecule has 0 unspecified atom stereocenters. The fourth-order valence-corrected chi connectivity index (χ4v) is 2.51. The predicted octanol–water partition coefficient (Wildman–Crippen LogP) is 0.896. The molecule has 0 saturated carbocycles. The van der Waals surface area contributed by atoms with Crippen molar-refractivity contribution in [1.82, 2.24) is 0 Å². The van der Waals surface area contributed by atoms with Crippen LogP contribution in [0.3, 0.4) is 0 Å². The first-order valence-corrected chi connectivity index (χ1v) is 6.24. The van der Waals surface area contributed by atoms with Gasteiger partial charge >= 0.3 is 0 Å². The van der Waals surface area contributed by atoms with Gasteiger partial charge in [-0.05, 0) is 11.6 Å². The first kappa shape index (κ1) is 11.5. The van der Waals surface area contributed by atoms with Gasteiger partial charge in [0.05, 0.1) is 24.7 Å². The van der Waals surface area contributed by atoms with E-state index in [2.05, 4.69) is 0 Å². The van der Waals surface area contributed by atoms with E-state index < -0.39 is 10.1 Å². The molecule has 0 atom stereocenters. The van der Waals surface area contributed by atoms with E-state index in [4.69, 9.17) is 13.7 Å². The molecule has 1 aliphatic heterocycles. The smallest absolute Gasteiger partial charge is 0.297 e. The van der Waals surface area contributed by atoms with Crippen molar-refractivity contribution in [2.75, 3.05) is 20.0 Å². The molecule has 0 bridgehead atoms. The number of hydrogen-bond donors (Lipinski definition) is 0. The number of rotatable bonds is 0. The zero-order chi connectivity index (χ0) is 11.4. The second-order valence-electron chi connectivity index (χ2n) is 3.26. The highest BCUT2D eigenvalue weighted by molar-refractivity contribution is 7.86. The summed E-state index contributed by atoms with van der Waals surface area (Å²) >= 11 is 0. The Morgan fingerprint density at radius 1 is 1.06 bits per heavy atom. The SMILES string of the molecule is O=S1(=O)OCCOCOCc2ccccc21. The van der Waals surface area contributed by atoms with Gasteiger partial charge in [0.25, 0.3) is 10.1 Å². The van der Waals surface area contributed by atoms with Crippen LogP contribution in [0.5, 0.6) is 0 Å². The molecule has 0 saturated heterocycles. The summed E-state index contributed by atoms with van der Waals surface area (Å²) in [6.07, 6.45) is 0. The molecule has 0 aliphatic carbocycles. The topological polar surface area (TPSA) is 61.8 Å². The maximum absolute atomic E-state index is 11.8. The van der Waals surface area contributed by atoms with Gasteiger partial charge < -0.3 is 9.47 Å². The van der Waals surface area contributed by atoms with Gasteiger partial charge in [-0.25, -0.2) is 0 Å². The maximum Gasteiger partial charge on any atom is 0.297 e. The van der Waals surface area contributed by atoms with Gasteiger partial charge in [0, 0.05) is 0 Å². The summed E-state index contributed by atoms with van der Waals surface area (Å²) in [6.45, 7) is 0.526. The average Bonchev–Trinajstić information content (AvgIpc) is 2.28. The van der Waals surface area contributed by atoms with Gasteiger partial charge in [-0.2, -0.15) is 8.42 Å². The van der Waals surface area contributed by atoms with E-state index in [-0.39, 0.29) is 31.5 Å². The summed E-state index contributed by atoms with van der Waals surface area (Å²) in [4.78, 5) is 0.164. The van der Waals surface area contributed by atoms with Crippen LogP contribution in [-0.4, -0.2) is 28.4 Å². The van der Waals surface area contributed by atoms with E-state index in [1.807, 2.05) is 0 Å². The van der Waals surface area contributed by atoms with Crippen LogP contribution in [0.4, 0.5) is 0 Å². The van der Waals surface area contributed by atoms with Crippen molar-refractivity contribution in [2.24, 2.45) is 0 Å². The molecule has 1 aromatic carbocycles. The number of fused-ring (bicyclic) bond motifs is 1. The Morgan fingerprint density at radius 2 is 1.88 bits per heavy atom. The van der Waals surface area contributed by atoms with E-state index in [0.29, 0.717) is 5.56 Å². The quantitative estimate of drug-likeness (QED) is 0.634. The first-order chi connectivity index (χ1) is 7.70. The number of benzene rings is 1. The Bertz CT molecular complexity index is 454. The standard InChI is InChI=1S/C10H12O5S/c11-16(12)10-4-2-1-3-9(10)7-14-8-13-5-6-15-16/h1-4H,5-8H2. The summed E-state index contributed by atoms with van der Waals surface area (Å²) < 4.78 is 38.6. The van der Waals surface area contributed by atoms with Crippen molar-refractivity contribution in [3.63, 3.8) is 0 Å². The summed E-state index contributed by atoms with van der Waals surface area (Å²) in [5.41, 5.74) is 0.577. The molecule has 6 heteroatoms. The summed E-state index contributed by atoms with van der Waals surface area (Å²) in [5, 5.41) is 0. The van der Waals surface area contributed by atoms with Gasteiger partial charge in [0.15, 0.2) is 0 Å². The molecule has 5 nitrogen and oxygen atoms in total. The zero-order valence-electron chi connectivity index (χ0n) is 8.59. The average molecular weight is 244 g/mol. The first-order valence-electron chi connectivity index (χ1n) is 4.83. The molecule has 0 amide bonds. The van der Waals surface area contributed by atoms with Crippen LogP contribution in [0, 0.1) is 0 Å². The van der Waals surface area contributed by atoms with Crippen molar-refractivity contribution in [1.29, 1.82) is 0 Å². The Kier molecular flexibility index (Phi) is 3.55. The maximum atomic E-state index is 11.8. The van der Waals surface area contributed by atoms with Crippen LogP contribution in [0.15, 0.2) is 29.2 Å². The van der Waals surface area contributed by atoms with Gasteiger partial charge in [0.1, 0.15) is 6.79 Å². The highest BCUT2D eigenvalue weighted by Crippen LogP contribution is 2.19. The third-order valence-electron chi connectivity index (χ3n) is 2.13. The third kappa shape index (κ3) is 2.59. The molecule has 88 valence electrons. The van der Waals surface area contributed by atoms with Crippen LogP contribution >= 0.6 is 0 Å². The van der Waals surface area contributed by atoms with Crippen molar-refractivity contribution in [3.05, 3.63) is 29.8 Å². The van der Waals surface area contributed by atoms with Crippen LogP contribution in [0.2, 0.25) is 0 Å². The normalized spacial score (nSPS) is 21.0. The van der Waals surface area contributed by atoms with E-state index >= 15 is 0 Å². The van der Waals surface area contributed by atoms with Crippen molar-refractivity contribution < 1.29 is 22.1 Å². The molecule has 2 rings (SSSR count). The minimum absolute atomic E-state index is 0.0000274. The summed E-state index contributed by atoms with van der Waals surface area (Å²) in [6, 6.07) is 6.61. The summed E-state index contributed by atoms with van der Waals surface area (Å²) in [7, 11) is -3.70. The van der Waals surface area contributed by atoms with E-state index in [1.165, 1.54) is 6.07 Å². The molecule has 1 aromatic rings. The molecule has 0 radical (unpaired) electrons. The lowest BCUT2D eigenvalue weighted by molar-refractivity contribution is -0.0690. The Morgan fingerprint density at radius 3 is 2.75 bits per heavy atom. The van der Waals surface area contributed by atoms with Crippen LogP contribution in [0.1, 0.15) is 5.56 Å². The lowest BCUT2D eigenvalue weighted by atomic mass is 10.2. The van der Waals surface area contributed by atoms with E-state index in [0.717, 1.165) is 0 Å². The second-order valence-corrected chi connectivity index (χ2v) is 4.84. The molecule has 16 heavy (non-hydrogen) atoms. The molecule has 1 heterocycles. The van der Waals surface area contributed by atoms with E-state index in [1.54, 1.807) is 18.2 Å². The zero-order valence-corrected chi connectivity index (χ0v) is 9.40.